The van der Waals surface area contributed by atoms with Crippen LogP contribution < -0.4 is 4.90 Å². The molecule has 1 aromatic heterocycles. The van der Waals surface area contributed by atoms with Gasteiger partial charge in [-0.15, -0.1) is 11.3 Å². The third-order valence-corrected chi connectivity index (χ3v) is 5.06. The number of benzene rings is 2. The van der Waals surface area contributed by atoms with Gasteiger partial charge in [0.2, 0.25) is 5.91 Å². The quantitative estimate of drug-likeness (QED) is 0.404. The molecule has 0 saturated heterocycles. The molecule has 0 atom stereocenters. The van der Waals surface area contributed by atoms with Gasteiger partial charge in [-0.1, -0.05) is 23.8 Å². The number of hydrogen-bond acceptors (Lipinski definition) is 4. The van der Waals surface area contributed by atoms with Crippen LogP contribution >= 0.6 is 11.3 Å². The number of carbonyl (C=O) groups is 2. The minimum atomic E-state index is -0.863. The molecule has 0 spiro atoms. The van der Waals surface area contributed by atoms with Crippen molar-refractivity contribution in [1.29, 1.82) is 0 Å². The Morgan fingerprint density at radius 2 is 1.86 bits per heavy atom. The average Bonchev–Trinajstić information content (AvgIpc) is 3.10. The first-order chi connectivity index (χ1) is 13.8. The van der Waals surface area contributed by atoms with E-state index in [1.807, 2.05) is 26.0 Å². The summed E-state index contributed by atoms with van der Waals surface area (Å²) in [5.74, 6) is -2.23. The fourth-order valence-electron chi connectivity index (χ4n) is 2.87. The number of carbonyl (C=O) groups excluding carboxylic acids is 2. The molecule has 29 heavy (non-hydrogen) atoms. The van der Waals surface area contributed by atoms with Crippen molar-refractivity contribution in [2.75, 3.05) is 4.90 Å². The minimum absolute atomic E-state index is 0.0878. The van der Waals surface area contributed by atoms with Crippen molar-refractivity contribution >= 4 is 39.9 Å². The Morgan fingerprint density at radius 1 is 1.10 bits per heavy atom. The molecule has 4 nitrogen and oxygen atoms in total. The smallest absolute Gasteiger partial charge is 0.230 e. The number of allylic oxidation sites excluding steroid dienone is 1. The zero-order valence-corrected chi connectivity index (χ0v) is 16.9. The van der Waals surface area contributed by atoms with Gasteiger partial charge >= 0.3 is 0 Å². The summed E-state index contributed by atoms with van der Waals surface area (Å²) in [5.41, 5.74) is 2.92. The molecule has 3 aromatic rings. The highest BCUT2D eigenvalue weighted by Gasteiger charge is 2.21. The van der Waals surface area contributed by atoms with Gasteiger partial charge in [0.25, 0.3) is 0 Å². The Morgan fingerprint density at radius 3 is 2.52 bits per heavy atom. The molecule has 0 bridgehead atoms. The summed E-state index contributed by atoms with van der Waals surface area (Å²) in [6, 6.07) is 8.56. The van der Waals surface area contributed by atoms with Gasteiger partial charge in [0.15, 0.2) is 10.9 Å². The predicted molar refractivity (Wildman–Crippen MR) is 111 cm³/mol. The van der Waals surface area contributed by atoms with Crippen LogP contribution in [0.3, 0.4) is 0 Å². The highest BCUT2D eigenvalue weighted by Crippen LogP contribution is 2.31. The first-order valence-corrected chi connectivity index (χ1v) is 9.65. The maximum atomic E-state index is 14.1. The summed E-state index contributed by atoms with van der Waals surface area (Å²) in [6.45, 7) is 5.10. The highest BCUT2D eigenvalue weighted by atomic mass is 32.1. The van der Waals surface area contributed by atoms with Crippen molar-refractivity contribution in [1.82, 2.24) is 4.98 Å². The summed E-state index contributed by atoms with van der Waals surface area (Å²) in [5, 5.41) is 1.87. The van der Waals surface area contributed by atoms with E-state index in [1.54, 1.807) is 17.5 Å². The van der Waals surface area contributed by atoms with Gasteiger partial charge < -0.3 is 0 Å². The molecule has 2 aromatic carbocycles. The van der Waals surface area contributed by atoms with E-state index in [9.17, 15) is 18.4 Å². The van der Waals surface area contributed by atoms with Crippen molar-refractivity contribution in [2.24, 2.45) is 0 Å². The lowest BCUT2D eigenvalue weighted by Gasteiger charge is -2.18. The molecule has 0 saturated carbocycles. The van der Waals surface area contributed by atoms with Crippen LogP contribution in [0.25, 0.3) is 6.08 Å². The van der Waals surface area contributed by atoms with Crippen molar-refractivity contribution in [3.8, 4) is 0 Å². The molecule has 0 unspecified atom stereocenters. The van der Waals surface area contributed by atoms with E-state index >= 15 is 0 Å². The molecule has 0 aliphatic heterocycles. The third-order valence-electron chi connectivity index (χ3n) is 4.22. The second-order valence-electron chi connectivity index (χ2n) is 6.52. The number of halogens is 2. The van der Waals surface area contributed by atoms with E-state index in [2.05, 4.69) is 4.98 Å². The summed E-state index contributed by atoms with van der Waals surface area (Å²) in [7, 11) is 0. The summed E-state index contributed by atoms with van der Waals surface area (Å²) < 4.78 is 27.3. The molecule has 1 heterocycles. The molecule has 0 radical (unpaired) electrons. The second-order valence-corrected chi connectivity index (χ2v) is 7.36. The first-order valence-electron chi connectivity index (χ1n) is 8.77. The van der Waals surface area contributed by atoms with Crippen LogP contribution in [0.5, 0.6) is 0 Å². The number of hydrogen-bond donors (Lipinski definition) is 0. The Balaban J connectivity index is 1.86. The van der Waals surface area contributed by atoms with Gasteiger partial charge in [-0.2, -0.15) is 0 Å². The summed E-state index contributed by atoms with van der Waals surface area (Å²) in [6.07, 6.45) is 2.95. The lowest BCUT2D eigenvalue weighted by atomic mass is 10.0. The standard InChI is InChI=1S/C22H18F2N2O2S/c1-13-4-7-18(14(2)10-13)21(28)9-6-17-12-29-22(25-17)26(15(3)27)20-8-5-16(23)11-19(20)24/h4-12H,1-3H3/b9-6+. The van der Waals surface area contributed by atoms with Crippen LogP contribution in [-0.4, -0.2) is 16.7 Å². The average molecular weight is 412 g/mol. The summed E-state index contributed by atoms with van der Waals surface area (Å²) >= 11 is 1.12. The van der Waals surface area contributed by atoms with Crippen LogP contribution in [-0.2, 0) is 4.79 Å². The van der Waals surface area contributed by atoms with Gasteiger partial charge in [-0.3, -0.25) is 14.5 Å². The number of amides is 1. The lowest BCUT2D eigenvalue weighted by molar-refractivity contribution is -0.115. The van der Waals surface area contributed by atoms with Gasteiger partial charge in [-0.05, 0) is 43.7 Å². The monoisotopic (exact) mass is 412 g/mol. The fraction of sp³-hybridized carbons (Fsp3) is 0.136. The molecule has 0 N–H and O–H groups in total. The fourth-order valence-corrected chi connectivity index (χ4v) is 3.71. The number of aryl methyl sites for hydroxylation is 2. The first kappa shape index (κ1) is 20.5. The van der Waals surface area contributed by atoms with Gasteiger partial charge in [-0.25, -0.2) is 13.8 Å². The lowest BCUT2D eigenvalue weighted by Crippen LogP contribution is -2.23. The van der Waals surface area contributed by atoms with Gasteiger partial charge in [0.05, 0.1) is 11.4 Å². The van der Waals surface area contributed by atoms with Crippen molar-refractivity contribution in [3.05, 3.63) is 81.9 Å². The Labute approximate surface area is 171 Å². The number of anilines is 2. The molecule has 148 valence electrons. The van der Waals surface area contributed by atoms with Gasteiger partial charge in [0.1, 0.15) is 11.6 Å². The van der Waals surface area contributed by atoms with Gasteiger partial charge in [0, 0.05) is 23.9 Å². The maximum Gasteiger partial charge on any atom is 0.230 e. The van der Waals surface area contributed by atoms with E-state index < -0.39 is 17.5 Å². The van der Waals surface area contributed by atoms with E-state index in [1.165, 1.54) is 19.1 Å². The number of ketones is 1. The van der Waals surface area contributed by atoms with Crippen molar-refractivity contribution < 1.29 is 18.4 Å². The van der Waals surface area contributed by atoms with Crippen molar-refractivity contribution in [3.63, 3.8) is 0 Å². The molecule has 0 aliphatic rings. The zero-order chi connectivity index (χ0) is 21.1. The van der Waals surface area contributed by atoms with Crippen LogP contribution in [0.15, 0.2) is 47.9 Å². The van der Waals surface area contributed by atoms with Crippen LogP contribution in [0.2, 0.25) is 0 Å². The van der Waals surface area contributed by atoms with E-state index in [-0.39, 0.29) is 16.6 Å². The molecule has 0 fully saturated rings. The number of thiazole rings is 1. The number of rotatable bonds is 5. The largest absolute Gasteiger partial charge is 0.289 e. The molecular weight excluding hydrogens is 394 g/mol. The minimum Gasteiger partial charge on any atom is -0.289 e. The predicted octanol–water partition coefficient (Wildman–Crippen LogP) is 5.62. The van der Waals surface area contributed by atoms with Crippen LogP contribution in [0.1, 0.15) is 34.1 Å². The van der Waals surface area contributed by atoms with Crippen molar-refractivity contribution in [2.45, 2.75) is 20.8 Å². The number of nitrogens with zero attached hydrogens (tertiary/aromatic N) is 2. The van der Waals surface area contributed by atoms with E-state index in [0.717, 1.165) is 33.4 Å². The van der Waals surface area contributed by atoms with Crippen LogP contribution in [0, 0.1) is 25.5 Å². The zero-order valence-electron chi connectivity index (χ0n) is 16.1. The molecule has 7 heteroatoms. The van der Waals surface area contributed by atoms with E-state index in [4.69, 9.17) is 0 Å². The number of aromatic nitrogens is 1. The maximum absolute atomic E-state index is 14.1. The van der Waals surface area contributed by atoms with Crippen LogP contribution in [0.4, 0.5) is 19.6 Å². The normalized spacial score (nSPS) is 11.1. The molecule has 3 rings (SSSR count). The topological polar surface area (TPSA) is 50.3 Å². The molecule has 0 aliphatic carbocycles. The summed E-state index contributed by atoms with van der Waals surface area (Å²) in [4.78, 5) is 29.9. The molecular formula is C22H18F2N2O2S. The third kappa shape index (κ3) is 4.63. The Hall–Kier alpha value is -3.19. The Bertz CT molecular complexity index is 1120. The SMILES string of the molecule is CC(=O)N(c1nc(/C=C/C(=O)c2ccc(C)cc2C)cs1)c1ccc(F)cc1F. The van der Waals surface area contributed by atoms with E-state index in [0.29, 0.717) is 17.3 Å². The Kier molecular flexibility index (Phi) is 5.98. The molecule has 1 amide bonds. The highest BCUT2D eigenvalue weighted by molar-refractivity contribution is 7.14. The second kappa shape index (κ2) is 8.45.